The highest BCUT2D eigenvalue weighted by Gasteiger charge is 2.21. The van der Waals surface area contributed by atoms with Crippen molar-refractivity contribution in [3.8, 4) is 0 Å². The zero-order chi connectivity index (χ0) is 40.7. The van der Waals surface area contributed by atoms with Crippen molar-refractivity contribution in [3.63, 3.8) is 0 Å². The first-order valence-electron chi connectivity index (χ1n) is 21.1. The van der Waals surface area contributed by atoms with E-state index < -0.39 is 32.5 Å². The van der Waals surface area contributed by atoms with Crippen molar-refractivity contribution in [2.75, 3.05) is 47.5 Å². The molecule has 0 amide bonds. The molecule has 0 aromatic carbocycles. The molecule has 0 N–H and O–H groups in total. The number of phosphoric acid groups is 1. The Kier molecular flexibility index (Phi) is 35.3. The van der Waals surface area contributed by atoms with Crippen LogP contribution in [-0.4, -0.2) is 70.0 Å². The monoisotopic (exact) mass is 792 g/mol. The second kappa shape index (κ2) is 37.1. The highest BCUT2D eigenvalue weighted by atomic mass is 31.2. The highest BCUT2D eigenvalue weighted by molar-refractivity contribution is 7.45. The Labute approximate surface area is 336 Å². The van der Waals surface area contributed by atoms with Crippen LogP contribution in [0.2, 0.25) is 0 Å². The van der Waals surface area contributed by atoms with E-state index in [9.17, 15) is 19.0 Å². The van der Waals surface area contributed by atoms with Gasteiger partial charge in [0.15, 0.2) is 6.10 Å². The molecule has 0 rings (SSSR count). The third-order valence-electron chi connectivity index (χ3n) is 8.43. The minimum Gasteiger partial charge on any atom is -0.756 e. The van der Waals surface area contributed by atoms with E-state index in [1.165, 1.54) is 19.3 Å². The number of hydrogen-bond donors (Lipinski definition) is 0. The summed E-state index contributed by atoms with van der Waals surface area (Å²) in [5.74, 6) is -0.895. The predicted molar refractivity (Wildman–Crippen MR) is 226 cm³/mol. The molecule has 0 aromatic rings. The van der Waals surface area contributed by atoms with E-state index in [1.807, 2.05) is 21.1 Å². The van der Waals surface area contributed by atoms with E-state index in [4.69, 9.17) is 18.5 Å². The molecule has 316 valence electrons. The topological polar surface area (TPSA) is 111 Å². The van der Waals surface area contributed by atoms with Gasteiger partial charge in [0.05, 0.1) is 27.7 Å². The predicted octanol–water partition coefficient (Wildman–Crippen LogP) is 11.2. The van der Waals surface area contributed by atoms with Crippen LogP contribution in [0.15, 0.2) is 72.9 Å². The van der Waals surface area contributed by atoms with Crippen LogP contribution >= 0.6 is 7.82 Å². The summed E-state index contributed by atoms with van der Waals surface area (Å²) in [6.45, 7) is 4.04. The molecule has 0 aliphatic rings. The molecule has 1 unspecified atom stereocenters. The van der Waals surface area contributed by atoms with Crippen LogP contribution in [0.4, 0.5) is 0 Å². The van der Waals surface area contributed by atoms with Crippen LogP contribution in [0.25, 0.3) is 0 Å². The zero-order valence-corrected chi connectivity index (χ0v) is 36.2. The summed E-state index contributed by atoms with van der Waals surface area (Å²) < 4.78 is 33.8. The Morgan fingerprint density at radius 2 is 1.02 bits per heavy atom. The maximum Gasteiger partial charge on any atom is 0.306 e. The van der Waals surface area contributed by atoms with E-state index in [2.05, 4.69) is 86.8 Å². The number of nitrogens with zero attached hydrogens (tertiary/aromatic N) is 1. The van der Waals surface area contributed by atoms with Crippen LogP contribution in [0.5, 0.6) is 0 Å². The van der Waals surface area contributed by atoms with Gasteiger partial charge in [0.1, 0.15) is 19.8 Å². The number of unbranched alkanes of at least 4 members (excludes halogenated alkanes) is 11. The summed E-state index contributed by atoms with van der Waals surface area (Å²) >= 11 is 0. The number of allylic oxidation sites excluding steroid dienone is 12. The SMILES string of the molecule is CCC/C=C/C/C=C/C/C=C/C/C=C/CCCCCC(=O)O[C@H](COC(=O)CCCCCCC/C=C/C/C=C/CCCC)COP(=O)([O-])OCC[N+](C)(C)C. The summed E-state index contributed by atoms with van der Waals surface area (Å²) in [5, 5.41) is 0. The lowest BCUT2D eigenvalue weighted by atomic mass is 10.1. The van der Waals surface area contributed by atoms with Gasteiger partial charge >= 0.3 is 11.9 Å². The van der Waals surface area contributed by atoms with Crippen LogP contribution in [0.3, 0.4) is 0 Å². The van der Waals surface area contributed by atoms with Crippen LogP contribution < -0.4 is 4.89 Å². The molecule has 0 saturated heterocycles. The fourth-order valence-electron chi connectivity index (χ4n) is 5.07. The molecule has 0 radical (unpaired) electrons. The number of ether oxygens (including phenoxy) is 2. The minimum atomic E-state index is -4.64. The van der Waals surface area contributed by atoms with Crippen molar-refractivity contribution in [1.29, 1.82) is 0 Å². The molecule has 0 saturated carbocycles. The fourth-order valence-corrected chi connectivity index (χ4v) is 5.80. The third-order valence-corrected chi connectivity index (χ3v) is 9.39. The van der Waals surface area contributed by atoms with E-state index in [1.54, 1.807) is 0 Å². The average molecular weight is 792 g/mol. The molecular weight excluding hydrogens is 713 g/mol. The van der Waals surface area contributed by atoms with Crippen molar-refractivity contribution in [2.24, 2.45) is 0 Å². The van der Waals surface area contributed by atoms with Crippen molar-refractivity contribution in [1.82, 2.24) is 0 Å². The Morgan fingerprint density at radius 3 is 1.55 bits per heavy atom. The van der Waals surface area contributed by atoms with E-state index in [0.29, 0.717) is 23.9 Å². The second-order valence-corrected chi connectivity index (χ2v) is 16.4. The average Bonchev–Trinajstić information content (AvgIpc) is 3.13. The van der Waals surface area contributed by atoms with Crippen LogP contribution in [0.1, 0.15) is 149 Å². The quantitative estimate of drug-likeness (QED) is 0.0201. The van der Waals surface area contributed by atoms with Crippen LogP contribution in [-0.2, 0) is 32.7 Å². The number of quaternary nitrogens is 1. The normalized spacial score (nSPS) is 14.4. The molecule has 55 heavy (non-hydrogen) atoms. The van der Waals surface area contributed by atoms with Crippen molar-refractivity contribution >= 4 is 19.8 Å². The maximum absolute atomic E-state index is 12.6. The number of rotatable bonds is 37. The smallest absolute Gasteiger partial charge is 0.306 e. The van der Waals surface area contributed by atoms with Crippen LogP contribution in [0, 0.1) is 0 Å². The minimum absolute atomic E-state index is 0.0435. The molecule has 0 bridgehead atoms. The first-order chi connectivity index (χ1) is 26.5. The molecule has 0 aromatic heterocycles. The second-order valence-electron chi connectivity index (χ2n) is 15.0. The van der Waals surface area contributed by atoms with Gasteiger partial charge in [-0.15, -0.1) is 0 Å². The van der Waals surface area contributed by atoms with Crippen molar-refractivity contribution in [2.45, 2.75) is 155 Å². The van der Waals surface area contributed by atoms with Gasteiger partial charge in [-0.3, -0.25) is 14.2 Å². The Bertz CT molecular complexity index is 1170. The van der Waals surface area contributed by atoms with Crippen molar-refractivity contribution in [3.05, 3.63) is 72.9 Å². The van der Waals surface area contributed by atoms with Gasteiger partial charge in [0.2, 0.25) is 0 Å². The first-order valence-corrected chi connectivity index (χ1v) is 22.6. The lowest BCUT2D eigenvalue weighted by Gasteiger charge is -2.28. The number of esters is 2. The number of carbonyl (C=O) groups excluding carboxylic acids is 2. The maximum atomic E-state index is 12.6. The molecule has 9 nitrogen and oxygen atoms in total. The third kappa shape index (κ3) is 40.9. The standard InChI is InChI=1S/C45H78NO8P/c1-6-8-10-12-14-16-18-20-22-23-24-26-28-30-32-34-36-38-45(48)54-43(42-53-55(49,50)52-40-39-46(3,4)5)41-51-44(47)37-35-33-31-29-27-25-21-19-17-15-13-11-9-7-2/h10,12-13,15-16,18-19,21-23,26,28,43H,6-9,11,14,17,20,24-25,27,29-42H2,1-5H3/b12-10+,15-13+,18-16+,21-19+,23-22+,28-26+/t43-/m1/s1. The molecule has 10 heteroatoms. The lowest BCUT2D eigenvalue weighted by Crippen LogP contribution is -2.37. The first kappa shape index (κ1) is 52.5. The summed E-state index contributed by atoms with van der Waals surface area (Å²) in [4.78, 5) is 37.5. The summed E-state index contributed by atoms with van der Waals surface area (Å²) in [5.41, 5.74) is 0. The van der Waals surface area contributed by atoms with Gasteiger partial charge in [-0.1, -0.05) is 132 Å². The van der Waals surface area contributed by atoms with Gasteiger partial charge in [0, 0.05) is 12.8 Å². The van der Waals surface area contributed by atoms with Gasteiger partial charge in [-0.2, -0.15) is 0 Å². The number of likely N-dealkylation sites (N-methyl/N-ethyl adjacent to an activating group) is 1. The van der Waals surface area contributed by atoms with Gasteiger partial charge in [-0.25, -0.2) is 0 Å². The molecule has 0 spiro atoms. The molecule has 0 fully saturated rings. The summed E-state index contributed by atoms with van der Waals surface area (Å²) in [6.07, 6.45) is 44.9. The number of hydrogen-bond acceptors (Lipinski definition) is 8. The molecule has 0 aliphatic carbocycles. The van der Waals surface area contributed by atoms with E-state index in [-0.39, 0.29) is 26.1 Å². The Morgan fingerprint density at radius 1 is 0.564 bits per heavy atom. The Balaban J connectivity index is 4.49. The Hall–Kier alpha value is -2.55. The van der Waals surface area contributed by atoms with E-state index in [0.717, 1.165) is 89.9 Å². The number of phosphoric ester groups is 1. The zero-order valence-electron chi connectivity index (χ0n) is 35.3. The van der Waals surface area contributed by atoms with Crippen molar-refractivity contribution < 1.29 is 42.1 Å². The van der Waals surface area contributed by atoms with Gasteiger partial charge < -0.3 is 27.9 Å². The lowest BCUT2D eigenvalue weighted by molar-refractivity contribution is -0.870. The fraction of sp³-hybridized carbons (Fsp3) is 0.689. The largest absolute Gasteiger partial charge is 0.756 e. The van der Waals surface area contributed by atoms with Gasteiger partial charge in [0.25, 0.3) is 7.82 Å². The highest BCUT2D eigenvalue weighted by Crippen LogP contribution is 2.38. The summed E-state index contributed by atoms with van der Waals surface area (Å²) in [6, 6.07) is 0. The molecule has 0 heterocycles. The molecule has 0 aliphatic heterocycles. The molecule has 2 atom stereocenters. The molecular formula is C45H78NO8P. The van der Waals surface area contributed by atoms with Gasteiger partial charge in [-0.05, 0) is 77.0 Å². The van der Waals surface area contributed by atoms with E-state index >= 15 is 0 Å². The number of carbonyl (C=O) groups is 2. The summed E-state index contributed by atoms with van der Waals surface area (Å²) in [7, 11) is 1.12.